The van der Waals surface area contributed by atoms with Gasteiger partial charge in [0.25, 0.3) is 0 Å². The zero-order valence-electron chi connectivity index (χ0n) is 17.6. The predicted molar refractivity (Wildman–Crippen MR) is 119 cm³/mol. The van der Waals surface area contributed by atoms with Crippen LogP contribution in [0.3, 0.4) is 0 Å². The molecule has 10 nitrogen and oxygen atoms in total. The van der Waals surface area contributed by atoms with Crippen molar-refractivity contribution >= 4 is 36.5 Å². The van der Waals surface area contributed by atoms with Crippen LogP contribution in [0.15, 0.2) is 16.8 Å². The van der Waals surface area contributed by atoms with Crippen molar-refractivity contribution in [2.24, 2.45) is 5.92 Å². The van der Waals surface area contributed by atoms with Gasteiger partial charge in [-0.25, -0.2) is 14.5 Å². The highest BCUT2D eigenvalue weighted by molar-refractivity contribution is 8.02. The number of phosphoric acid groups is 1. The monoisotopic (exact) mass is 462 g/mol. The minimum atomic E-state index is -4.62. The summed E-state index contributed by atoms with van der Waals surface area (Å²) in [7, 11) is -4.62. The summed E-state index contributed by atoms with van der Waals surface area (Å²) >= 11 is 0.475. The maximum atomic E-state index is 11.8. The highest BCUT2D eigenvalue weighted by Crippen LogP contribution is 2.36. The summed E-state index contributed by atoms with van der Waals surface area (Å²) in [6.07, 6.45) is 3.78. The van der Waals surface area contributed by atoms with Crippen molar-refractivity contribution in [3.05, 3.63) is 28.2 Å². The molecule has 0 bridgehead atoms. The lowest BCUT2D eigenvalue weighted by Crippen LogP contribution is -2.22. The lowest BCUT2D eigenvalue weighted by molar-refractivity contribution is -0.116. The molecule has 170 valence electrons. The van der Waals surface area contributed by atoms with Crippen LogP contribution in [0.1, 0.15) is 51.4 Å². The Labute approximate surface area is 180 Å². The molecule has 0 spiro atoms. The number of aromatic nitrogens is 2. The third-order valence-electron chi connectivity index (χ3n) is 4.53. The molecule has 30 heavy (non-hydrogen) atoms. The Morgan fingerprint density at radius 1 is 1.40 bits per heavy atom. The van der Waals surface area contributed by atoms with E-state index in [1.54, 1.807) is 20.0 Å². The molecule has 0 saturated heterocycles. The lowest BCUT2D eigenvalue weighted by atomic mass is 10.1. The second-order valence-corrected chi connectivity index (χ2v) is 9.11. The third kappa shape index (κ3) is 8.63. The van der Waals surface area contributed by atoms with E-state index in [2.05, 4.69) is 14.5 Å². The molecular formula is C18H31N4O6PS. The van der Waals surface area contributed by atoms with Crippen LogP contribution in [-0.4, -0.2) is 47.8 Å². The molecule has 1 aromatic heterocycles. The van der Waals surface area contributed by atoms with E-state index in [9.17, 15) is 14.5 Å². The van der Waals surface area contributed by atoms with Gasteiger partial charge in [-0.15, -0.1) is 11.4 Å². The number of phosphoric ester groups is 1. The summed E-state index contributed by atoms with van der Waals surface area (Å²) in [5, 5.41) is 10.8. The molecule has 1 rings (SSSR count). The number of carbonyl (C=O) groups excluding carboxylic acids is 1. The van der Waals surface area contributed by atoms with Crippen LogP contribution in [0.4, 0.5) is 5.82 Å². The van der Waals surface area contributed by atoms with Gasteiger partial charge in [0.15, 0.2) is 0 Å². The molecule has 0 aliphatic carbocycles. The SMILES string of the molecule is CCC(CC)/C(O)=[SH]/C(CCOP(=O)(O)O)=C(/C)N(C=O)Cc1cnc(C)nc1N. The van der Waals surface area contributed by atoms with Crippen molar-refractivity contribution in [2.45, 2.75) is 53.5 Å². The normalized spacial score (nSPS) is 13.7. The van der Waals surface area contributed by atoms with Gasteiger partial charge in [-0.05, 0) is 31.6 Å². The quantitative estimate of drug-likeness (QED) is 0.136. The Morgan fingerprint density at radius 2 is 2.03 bits per heavy atom. The number of hydrogen-bond acceptors (Lipinski definition) is 6. The van der Waals surface area contributed by atoms with Gasteiger partial charge in [0.05, 0.1) is 18.2 Å². The Hall–Kier alpha value is -1.62. The number of thiol groups is 1. The summed E-state index contributed by atoms with van der Waals surface area (Å²) in [6.45, 7) is 7.18. The molecular weight excluding hydrogens is 431 g/mol. The second kappa shape index (κ2) is 12.3. The van der Waals surface area contributed by atoms with Crippen LogP contribution in [0.25, 0.3) is 0 Å². The molecule has 0 aromatic carbocycles. The van der Waals surface area contributed by atoms with Gasteiger partial charge in [-0.2, -0.15) is 0 Å². The smallest absolute Gasteiger partial charge is 0.383 e. The highest BCUT2D eigenvalue weighted by atomic mass is 32.1. The van der Waals surface area contributed by atoms with Crippen LogP contribution in [-0.2, 0) is 20.4 Å². The van der Waals surface area contributed by atoms with Crippen LogP contribution in [0, 0.1) is 12.8 Å². The first-order valence-electron chi connectivity index (χ1n) is 9.49. The van der Waals surface area contributed by atoms with Crippen LogP contribution < -0.4 is 5.73 Å². The van der Waals surface area contributed by atoms with Gasteiger partial charge >= 0.3 is 7.82 Å². The van der Waals surface area contributed by atoms with E-state index >= 15 is 0 Å². The van der Waals surface area contributed by atoms with Gasteiger partial charge in [0.2, 0.25) is 6.41 Å². The maximum absolute atomic E-state index is 11.8. The van der Waals surface area contributed by atoms with E-state index in [-0.39, 0.29) is 36.4 Å². The van der Waals surface area contributed by atoms with Crippen LogP contribution in [0.5, 0.6) is 0 Å². The summed E-state index contributed by atoms with van der Waals surface area (Å²) in [5.74, 6) is 0.750. The van der Waals surface area contributed by atoms with Crippen molar-refractivity contribution in [2.75, 3.05) is 12.3 Å². The molecule has 0 fully saturated rings. The van der Waals surface area contributed by atoms with E-state index in [1.165, 1.54) is 4.90 Å². The first kappa shape index (κ1) is 26.4. The fraction of sp³-hybridized carbons (Fsp3) is 0.556. The largest absolute Gasteiger partial charge is 0.469 e. The van der Waals surface area contributed by atoms with Gasteiger partial charge in [-0.1, -0.05) is 13.8 Å². The zero-order valence-corrected chi connectivity index (χ0v) is 19.4. The molecule has 0 aliphatic rings. The minimum absolute atomic E-state index is 0.0250. The predicted octanol–water partition coefficient (Wildman–Crippen LogP) is 2.65. The standard InChI is InChI=1S/C18H31N4O6PS/c1-5-14(6-2)18(24)30-16(7-8-28-29(25,26)27)12(3)22(11-23)10-15-9-20-13(4)21-17(15)19/h9,11,14,24,30H,5-8,10H2,1-4H3,(H2,19,20,21)(H2,25,26,27)/b16-12-. The Bertz CT molecular complexity index is 838. The Kier molecular flexibility index (Phi) is 10.8. The summed E-state index contributed by atoms with van der Waals surface area (Å²) < 4.78 is 15.6. The van der Waals surface area contributed by atoms with Crippen molar-refractivity contribution in [1.29, 1.82) is 0 Å². The number of allylic oxidation sites excluding steroid dienone is 1. The molecule has 0 saturated carbocycles. The number of hydrogen-bond donors (Lipinski definition) is 5. The van der Waals surface area contributed by atoms with Crippen molar-refractivity contribution in [3.8, 4) is 0 Å². The Balaban J connectivity index is 3.26. The Morgan fingerprint density at radius 3 is 2.53 bits per heavy atom. The third-order valence-corrected chi connectivity index (χ3v) is 6.46. The molecule has 0 unspecified atom stereocenters. The zero-order chi connectivity index (χ0) is 22.9. The van der Waals surface area contributed by atoms with Gasteiger partial charge in [-0.3, -0.25) is 9.32 Å². The molecule has 1 amide bonds. The van der Waals surface area contributed by atoms with E-state index in [4.69, 9.17) is 15.5 Å². The molecule has 1 heterocycles. The number of nitrogens with two attached hydrogens (primary N) is 1. The first-order chi connectivity index (χ1) is 14.0. The summed E-state index contributed by atoms with van der Waals surface area (Å²) in [5.41, 5.74) is 7.01. The molecule has 12 heteroatoms. The van der Waals surface area contributed by atoms with Crippen LogP contribution >= 0.6 is 19.2 Å². The summed E-state index contributed by atoms with van der Waals surface area (Å²) in [6, 6.07) is 0. The molecule has 0 radical (unpaired) electrons. The van der Waals surface area contributed by atoms with Crippen molar-refractivity contribution in [1.82, 2.24) is 14.9 Å². The van der Waals surface area contributed by atoms with Crippen molar-refractivity contribution < 1.29 is 28.8 Å². The van der Waals surface area contributed by atoms with E-state index < -0.39 is 7.82 Å². The average Bonchev–Trinajstić information content (AvgIpc) is 2.66. The van der Waals surface area contributed by atoms with E-state index in [0.717, 1.165) is 12.8 Å². The number of nitrogens with zero attached hydrogens (tertiary/aromatic N) is 3. The molecule has 5 N–H and O–H groups in total. The number of amides is 1. The number of rotatable bonds is 12. The average molecular weight is 463 g/mol. The van der Waals surface area contributed by atoms with Gasteiger partial charge in [0, 0.05) is 29.8 Å². The lowest BCUT2D eigenvalue weighted by Gasteiger charge is -2.22. The van der Waals surface area contributed by atoms with Gasteiger partial charge < -0.3 is 25.5 Å². The molecule has 0 atom stereocenters. The maximum Gasteiger partial charge on any atom is 0.469 e. The number of nitrogen functional groups attached to an aromatic ring is 1. The molecule has 0 aliphatic heterocycles. The first-order valence-corrected chi connectivity index (χ1v) is 11.9. The topological polar surface area (TPSA) is 159 Å². The second-order valence-electron chi connectivity index (χ2n) is 6.65. The number of aliphatic hydroxyl groups excluding tert-OH is 1. The van der Waals surface area contributed by atoms with Crippen molar-refractivity contribution in [3.63, 3.8) is 0 Å². The number of anilines is 1. The molecule has 1 aromatic rings. The fourth-order valence-electron chi connectivity index (χ4n) is 2.68. The summed E-state index contributed by atoms with van der Waals surface area (Å²) in [4.78, 5) is 39.8. The number of aliphatic hydroxyl groups is 1. The fourth-order valence-corrected chi connectivity index (χ4v) is 4.33. The van der Waals surface area contributed by atoms with E-state index in [0.29, 0.717) is 39.8 Å². The number of carbonyl (C=O) groups is 1. The number of aryl methyl sites for hydroxylation is 1. The van der Waals surface area contributed by atoms with E-state index in [1.807, 2.05) is 13.8 Å². The highest BCUT2D eigenvalue weighted by Gasteiger charge is 2.17. The minimum Gasteiger partial charge on any atom is -0.383 e. The van der Waals surface area contributed by atoms with Gasteiger partial charge in [0.1, 0.15) is 11.6 Å². The van der Waals surface area contributed by atoms with Crippen LogP contribution in [0.2, 0.25) is 0 Å².